The minimum absolute atomic E-state index is 0.285. The number of aromatic nitrogens is 2. The lowest BCUT2D eigenvalue weighted by atomic mass is 10.2. The van der Waals surface area contributed by atoms with E-state index in [0.717, 1.165) is 0 Å². The van der Waals surface area contributed by atoms with Crippen LogP contribution in [0.25, 0.3) is 16.9 Å². The highest BCUT2D eigenvalue weighted by molar-refractivity contribution is 6.08. The third kappa shape index (κ3) is 3.53. The Morgan fingerprint density at radius 1 is 0.929 bits per heavy atom. The van der Waals surface area contributed by atoms with Crippen LogP contribution in [0.1, 0.15) is 10.5 Å². The van der Waals surface area contributed by atoms with Gasteiger partial charge in [0.1, 0.15) is 23.2 Å². The Morgan fingerprint density at radius 3 is 2.32 bits per heavy atom. The molecular formula is C22H15F2N3O. The standard InChI is InChI=1S/C22H15F2N3O/c23-16-6-4-15(5-7-16)22-26-21(19-3-1-2-14-27(19)22)20(28)12-13-25-18-10-8-17(24)9-11-18/h1-14,25H/b13-12-. The van der Waals surface area contributed by atoms with E-state index in [9.17, 15) is 13.6 Å². The molecule has 6 heteroatoms. The second-order valence-electron chi connectivity index (χ2n) is 6.10. The average molecular weight is 375 g/mol. The van der Waals surface area contributed by atoms with E-state index < -0.39 is 0 Å². The molecule has 0 unspecified atom stereocenters. The van der Waals surface area contributed by atoms with Crippen molar-refractivity contribution in [3.8, 4) is 11.4 Å². The zero-order valence-corrected chi connectivity index (χ0v) is 14.6. The number of pyridine rings is 1. The van der Waals surface area contributed by atoms with Crippen LogP contribution < -0.4 is 5.32 Å². The van der Waals surface area contributed by atoms with Crippen LogP contribution >= 0.6 is 0 Å². The first-order valence-corrected chi connectivity index (χ1v) is 8.58. The van der Waals surface area contributed by atoms with Crippen molar-refractivity contribution in [1.82, 2.24) is 9.38 Å². The number of nitrogens with one attached hydrogen (secondary N) is 1. The molecule has 4 rings (SSSR count). The summed E-state index contributed by atoms with van der Waals surface area (Å²) in [5.74, 6) is -0.398. The fraction of sp³-hybridized carbons (Fsp3) is 0. The van der Waals surface area contributed by atoms with Gasteiger partial charge >= 0.3 is 0 Å². The number of imidazole rings is 1. The van der Waals surface area contributed by atoms with Crippen molar-refractivity contribution in [3.05, 3.63) is 103 Å². The van der Waals surface area contributed by atoms with Gasteiger partial charge in [-0.2, -0.15) is 0 Å². The molecule has 0 spiro atoms. The number of allylic oxidation sites excluding steroid dienone is 1. The van der Waals surface area contributed by atoms with Crippen molar-refractivity contribution >= 4 is 17.0 Å². The van der Waals surface area contributed by atoms with Crippen molar-refractivity contribution in [2.24, 2.45) is 0 Å². The lowest BCUT2D eigenvalue weighted by Gasteiger charge is -2.00. The molecule has 2 heterocycles. The van der Waals surface area contributed by atoms with Crippen molar-refractivity contribution in [2.45, 2.75) is 0 Å². The second kappa shape index (κ2) is 7.44. The third-order valence-electron chi connectivity index (χ3n) is 4.21. The number of benzene rings is 2. The Bertz CT molecular complexity index is 1160. The Morgan fingerprint density at radius 2 is 1.61 bits per heavy atom. The van der Waals surface area contributed by atoms with E-state index >= 15 is 0 Å². The summed E-state index contributed by atoms with van der Waals surface area (Å²) < 4.78 is 28.0. The summed E-state index contributed by atoms with van der Waals surface area (Å²) in [5, 5.41) is 2.92. The van der Waals surface area contributed by atoms with Gasteiger partial charge in [0, 0.05) is 29.7 Å². The van der Waals surface area contributed by atoms with E-state index in [0.29, 0.717) is 22.6 Å². The van der Waals surface area contributed by atoms with E-state index in [4.69, 9.17) is 0 Å². The Labute approximate surface area is 159 Å². The molecule has 4 aromatic rings. The van der Waals surface area contributed by atoms with E-state index in [-0.39, 0.29) is 23.1 Å². The molecule has 138 valence electrons. The number of rotatable bonds is 5. The smallest absolute Gasteiger partial charge is 0.207 e. The lowest BCUT2D eigenvalue weighted by Crippen LogP contribution is -1.98. The SMILES string of the molecule is O=C(/C=C\Nc1ccc(F)cc1)c1nc(-c2ccc(F)cc2)n2ccccc12. The largest absolute Gasteiger partial charge is 0.362 e. The summed E-state index contributed by atoms with van der Waals surface area (Å²) in [4.78, 5) is 17.2. The van der Waals surface area contributed by atoms with Gasteiger partial charge < -0.3 is 5.32 Å². The quantitative estimate of drug-likeness (QED) is 0.390. The maximum Gasteiger partial charge on any atom is 0.207 e. The molecule has 0 aliphatic rings. The highest BCUT2D eigenvalue weighted by atomic mass is 19.1. The van der Waals surface area contributed by atoms with Crippen molar-refractivity contribution in [2.75, 3.05) is 5.32 Å². The number of carbonyl (C=O) groups excluding carboxylic acids is 1. The summed E-state index contributed by atoms with van der Waals surface area (Å²) in [6.45, 7) is 0. The third-order valence-corrected chi connectivity index (χ3v) is 4.21. The molecule has 4 nitrogen and oxygen atoms in total. The fourth-order valence-electron chi connectivity index (χ4n) is 2.86. The lowest BCUT2D eigenvalue weighted by molar-refractivity contribution is 0.104. The number of fused-ring (bicyclic) bond motifs is 1. The van der Waals surface area contributed by atoms with Gasteiger partial charge in [0.2, 0.25) is 5.78 Å². The van der Waals surface area contributed by atoms with Gasteiger partial charge in [-0.25, -0.2) is 13.8 Å². The molecule has 0 saturated heterocycles. The number of nitrogens with zero attached hydrogens (tertiary/aromatic N) is 2. The van der Waals surface area contributed by atoms with Gasteiger partial charge in [-0.05, 0) is 60.7 Å². The predicted octanol–water partition coefficient (Wildman–Crippen LogP) is 5.09. The monoisotopic (exact) mass is 375 g/mol. The van der Waals surface area contributed by atoms with E-state index in [2.05, 4.69) is 10.3 Å². The van der Waals surface area contributed by atoms with Gasteiger partial charge in [-0.1, -0.05) is 6.07 Å². The van der Waals surface area contributed by atoms with Crippen molar-refractivity contribution in [3.63, 3.8) is 0 Å². The maximum atomic E-state index is 13.2. The minimum Gasteiger partial charge on any atom is -0.362 e. The molecule has 0 radical (unpaired) electrons. The molecule has 0 fully saturated rings. The predicted molar refractivity (Wildman–Crippen MR) is 104 cm³/mol. The van der Waals surface area contributed by atoms with Crippen molar-refractivity contribution < 1.29 is 13.6 Å². The number of hydrogen-bond donors (Lipinski definition) is 1. The Hall–Kier alpha value is -3.80. The van der Waals surface area contributed by atoms with Gasteiger partial charge in [0.15, 0.2) is 0 Å². The first-order chi connectivity index (χ1) is 13.6. The van der Waals surface area contributed by atoms with E-state index in [1.165, 1.54) is 36.5 Å². The number of ketones is 1. The number of anilines is 1. The van der Waals surface area contributed by atoms with Crippen LogP contribution in [0.4, 0.5) is 14.5 Å². The van der Waals surface area contributed by atoms with E-state index in [1.807, 2.05) is 12.1 Å². The second-order valence-corrected chi connectivity index (χ2v) is 6.10. The van der Waals surface area contributed by atoms with Crippen LogP contribution in [0.5, 0.6) is 0 Å². The molecule has 0 atom stereocenters. The molecule has 0 amide bonds. The number of hydrogen-bond acceptors (Lipinski definition) is 3. The highest BCUT2D eigenvalue weighted by Gasteiger charge is 2.16. The van der Waals surface area contributed by atoms with Crippen LogP contribution in [0.15, 0.2) is 85.2 Å². The topological polar surface area (TPSA) is 46.4 Å². The van der Waals surface area contributed by atoms with Crippen molar-refractivity contribution in [1.29, 1.82) is 0 Å². The van der Waals surface area contributed by atoms with Gasteiger partial charge in [-0.15, -0.1) is 0 Å². The first-order valence-electron chi connectivity index (χ1n) is 8.58. The highest BCUT2D eigenvalue weighted by Crippen LogP contribution is 2.23. The zero-order chi connectivity index (χ0) is 19.5. The van der Waals surface area contributed by atoms with Gasteiger partial charge in [0.25, 0.3) is 0 Å². The maximum absolute atomic E-state index is 13.2. The molecule has 2 aromatic carbocycles. The molecular weight excluding hydrogens is 360 g/mol. The molecule has 28 heavy (non-hydrogen) atoms. The minimum atomic E-state index is -0.337. The van der Waals surface area contributed by atoms with Crippen LogP contribution in [-0.4, -0.2) is 15.2 Å². The van der Waals surface area contributed by atoms with E-state index in [1.54, 1.807) is 40.9 Å². The average Bonchev–Trinajstić information content (AvgIpc) is 3.10. The summed E-state index contributed by atoms with van der Waals surface area (Å²) in [5.41, 5.74) is 2.30. The molecule has 2 aromatic heterocycles. The molecule has 1 N–H and O–H groups in total. The number of carbonyl (C=O) groups is 1. The van der Waals surface area contributed by atoms with Crippen LogP contribution in [-0.2, 0) is 0 Å². The zero-order valence-electron chi connectivity index (χ0n) is 14.6. The van der Waals surface area contributed by atoms with Crippen LogP contribution in [0.3, 0.4) is 0 Å². The summed E-state index contributed by atoms with van der Waals surface area (Å²) in [6.07, 6.45) is 4.66. The normalized spacial score (nSPS) is 11.2. The molecule has 0 saturated carbocycles. The first kappa shape index (κ1) is 17.6. The van der Waals surface area contributed by atoms with Gasteiger partial charge in [-0.3, -0.25) is 9.20 Å². The molecule has 0 bridgehead atoms. The summed E-state index contributed by atoms with van der Waals surface area (Å²) in [7, 11) is 0. The Balaban J connectivity index is 1.64. The van der Waals surface area contributed by atoms with Crippen LogP contribution in [0, 0.1) is 11.6 Å². The fourth-order valence-corrected chi connectivity index (χ4v) is 2.86. The summed E-state index contributed by atoms with van der Waals surface area (Å²) >= 11 is 0. The Kier molecular flexibility index (Phi) is 4.68. The molecule has 0 aliphatic carbocycles. The molecule has 0 aliphatic heterocycles. The number of halogens is 2. The van der Waals surface area contributed by atoms with Crippen LogP contribution in [0.2, 0.25) is 0 Å². The van der Waals surface area contributed by atoms with Gasteiger partial charge in [0.05, 0.1) is 5.52 Å². The summed E-state index contributed by atoms with van der Waals surface area (Å²) in [6, 6.07) is 17.2.